The van der Waals surface area contributed by atoms with Gasteiger partial charge in [-0.2, -0.15) is 5.10 Å². The van der Waals surface area contributed by atoms with Crippen LogP contribution < -0.4 is 9.47 Å². The molecule has 1 aliphatic heterocycles. The Kier molecular flexibility index (Phi) is 4.44. The Balaban J connectivity index is 1.80. The van der Waals surface area contributed by atoms with Crippen LogP contribution in [-0.4, -0.2) is 34.1 Å². The predicted octanol–water partition coefficient (Wildman–Crippen LogP) is 4.19. The minimum atomic E-state index is -0.520. The van der Waals surface area contributed by atoms with Crippen molar-refractivity contribution in [2.45, 2.75) is 32.6 Å². The molecule has 2 aromatic carbocycles. The molecule has 0 saturated carbocycles. The van der Waals surface area contributed by atoms with E-state index in [-0.39, 0.29) is 30.2 Å². The molecule has 0 atom stereocenters. The summed E-state index contributed by atoms with van der Waals surface area (Å²) >= 11 is 0. The monoisotopic (exact) mass is 435 g/mol. The van der Waals surface area contributed by atoms with Crippen LogP contribution in [0.15, 0.2) is 36.4 Å². The predicted molar refractivity (Wildman–Crippen MR) is 114 cm³/mol. The van der Waals surface area contributed by atoms with E-state index in [0.717, 1.165) is 5.56 Å². The zero-order valence-electron chi connectivity index (χ0n) is 17.9. The lowest BCUT2D eigenvalue weighted by Gasteiger charge is -2.33. The Labute approximate surface area is 183 Å². The van der Waals surface area contributed by atoms with Crippen LogP contribution >= 0.6 is 0 Å². The molecule has 9 nitrogen and oxygen atoms in total. The first-order valence-electron chi connectivity index (χ1n) is 10.3. The fourth-order valence-electron chi connectivity index (χ4n) is 4.43. The number of ether oxygens (including phenoxy) is 3. The van der Waals surface area contributed by atoms with Gasteiger partial charge in [0.1, 0.15) is 0 Å². The van der Waals surface area contributed by atoms with Gasteiger partial charge in [-0.05, 0) is 36.5 Å². The number of rotatable bonds is 4. The van der Waals surface area contributed by atoms with Crippen molar-refractivity contribution in [1.82, 2.24) is 9.78 Å². The molecule has 5 rings (SSSR count). The van der Waals surface area contributed by atoms with Gasteiger partial charge >= 0.3 is 5.97 Å². The summed E-state index contributed by atoms with van der Waals surface area (Å²) in [6.45, 7) is 6.19. The van der Waals surface area contributed by atoms with Crippen LogP contribution in [0.5, 0.6) is 11.5 Å². The maximum atomic E-state index is 12.8. The number of nitro benzene ring substituents is 1. The van der Waals surface area contributed by atoms with E-state index >= 15 is 0 Å². The second-order valence-electron chi connectivity index (χ2n) is 8.39. The van der Waals surface area contributed by atoms with Gasteiger partial charge in [-0.15, -0.1) is 0 Å². The molecule has 0 N–H and O–H groups in total. The summed E-state index contributed by atoms with van der Waals surface area (Å²) in [7, 11) is 0. The maximum Gasteiger partial charge on any atom is 0.359 e. The number of aromatic nitrogens is 2. The molecule has 1 aromatic heterocycles. The topological polar surface area (TPSA) is 106 Å². The molecule has 1 aliphatic carbocycles. The second kappa shape index (κ2) is 7.08. The number of nitro groups is 1. The lowest BCUT2D eigenvalue weighted by Crippen LogP contribution is -2.27. The zero-order chi connectivity index (χ0) is 22.6. The van der Waals surface area contributed by atoms with E-state index in [2.05, 4.69) is 5.10 Å². The Morgan fingerprint density at radius 2 is 2.00 bits per heavy atom. The van der Waals surface area contributed by atoms with Crippen molar-refractivity contribution in [3.05, 3.63) is 63.3 Å². The number of esters is 1. The summed E-state index contributed by atoms with van der Waals surface area (Å²) in [6.07, 6.45) is 0.534. The fraction of sp³-hybridized carbons (Fsp3) is 0.304. The summed E-state index contributed by atoms with van der Waals surface area (Å²) in [6, 6.07) is 10.2. The third-order valence-corrected chi connectivity index (χ3v) is 5.87. The summed E-state index contributed by atoms with van der Waals surface area (Å²) in [5, 5.41) is 16.1. The minimum absolute atomic E-state index is 0.0245. The molecule has 2 aliphatic rings. The molecule has 3 aromatic rings. The molecule has 0 spiro atoms. The van der Waals surface area contributed by atoms with Crippen molar-refractivity contribution < 1.29 is 23.9 Å². The van der Waals surface area contributed by atoms with Crippen LogP contribution in [0.3, 0.4) is 0 Å². The lowest BCUT2D eigenvalue weighted by atomic mass is 9.71. The largest absolute Gasteiger partial charge is 0.461 e. The lowest BCUT2D eigenvalue weighted by molar-refractivity contribution is -0.384. The summed E-state index contributed by atoms with van der Waals surface area (Å²) in [5.74, 6) is 0.672. The van der Waals surface area contributed by atoms with Gasteiger partial charge in [-0.1, -0.05) is 19.9 Å². The molecule has 9 heteroatoms. The first-order valence-corrected chi connectivity index (χ1v) is 10.3. The number of nitrogens with zero attached hydrogens (tertiary/aromatic N) is 3. The Bertz CT molecular complexity index is 1280. The molecule has 0 bridgehead atoms. The first kappa shape index (κ1) is 20.0. The number of hydrogen-bond donors (Lipinski definition) is 0. The van der Waals surface area contributed by atoms with E-state index in [1.165, 1.54) is 6.07 Å². The van der Waals surface area contributed by atoms with Gasteiger partial charge in [0, 0.05) is 29.3 Å². The van der Waals surface area contributed by atoms with Gasteiger partial charge in [-0.25, -0.2) is 9.48 Å². The van der Waals surface area contributed by atoms with Gasteiger partial charge < -0.3 is 14.2 Å². The van der Waals surface area contributed by atoms with Crippen molar-refractivity contribution in [3.63, 3.8) is 0 Å². The molecular formula is C23H21N3O6. The summed E-state index contributed by atoms with van der Waals surface area (Å²) in [5.41, 5.74) is 3.45. The Morgan fingerprint density at radius 3 is 2.75 bits per heavy atom. The van der Waals surface area contributed by atoms with Gasteiger partial charge in [-0.3, -0.25) is 10.1 Å². The molecule has 0 amide bonds. The summed E-state index contributed by atoms with van der Waals surface area (Å²) in [4.78, 5) is 23.9. The number of carbonyl (C=O) groups is 1. The van der Waals surface area contributed by atoms with Gasteiger partial charge in [0.2, 0.25) is 6.79 Å². The smallest absolute Gasteiger partial charge is 0.359 e. The first-order chi connectivity index (χ1) is 15.3. The average Bonchev–Trinajstić information content (AvgIpc) is 3.37. The van der Waals surface area contributed by atoms with Crippen molar-refractivity contribution in [2.75, 3.05) is 13.4 Å². The standard InChI is InChI=1S/C23H21N3O6/c1-4-30-22(27)20-16-11-23(2,3)17-7-5-14(26(28)29)9-15(17)21(16)25(24-20)13-6-8-18-19(10-13)32-12-31-18/h5-10H,4,11-12H2,1-3H3. The molecular weight excluding hydrogens is 414 g/mol. The molecule has 0 radical (unpaired) electrons. The molecule has 32 heavy (non-hydrogen) atoms. The summed E-state index contributed by atoms with van der Waals surface area (Å²) < 4.78 is 17.8. The minimum Gasteiger partial charge on any atom is -0.461 e. The molecule has 0 saturated heterocycles. The van der Waals surface area contributed by atoms with Crippen molar-refractivity contribution in [2.24, 2.45) is 0 Å². The maximum absolute atomic E-state index is 12.8. The highest BCUT2D eigenvalue weighted by Gasteiger charge is 2.39. The molecule has 2 heterocycles. The van der Waals surface area contributed by atoms with Crippen molar-refractivity contribution in [1.29, 1.82) is 0 Å². The molecule has 164 valence electrons. The van der Waals surface area contributed by atoms with Crippen LogP contribution in [0, 0.1) is 10.1 Å². The molecule has 0 fully saturated rings. The van der Waals surface area contributed by atoms with Crippen LogP contribution in [0.4, 0.5) is 5.69 Å². The fourth-order valence-corrected chi connectivity index (χ4v) is 4.43. The van der Waals surface area contributed by atoms with Crippen LogP contribution in [-0.2, 0) is 16.6 Å². The van der Waals surface area contributed by atoms with Crippen molar-refractivity contribution >= 4 is 11.7 Å². The number of non-ortho nitro benzene ring substituents is 1. The normalized spacial score (nSPS) is 15.1. The van der Waals surface area contributed by atoms with Crippen molar-refractivity contribution in [3.8, 4) is 28.4 Å². The highest BCUT2D eigenvalue weighted by Crippen LogP contribution is 2.47. The number of fused-ring (bicyclic) bond motifs is 4. The number of carbonyl (C=O) groups excluding carboxylic acids is 1. The van der Waals surface area contributed by atoms with E-state index in [1.807, 2.05) is 19.9 Å². The average molecular weight is 435 g/mol. The zero-order valence-corrected chi connectivity index (χ0v) is 17.9. The molecule has 0 unspecified atom stereocenters. The third kappa shape index (κ3) is 3.00. The highest BCUT2D eigenvalue weighted by molar-refractivity contribution is 5.93. The van der Waals surface area contributed by atoms with E-state index in [4.69, 9.17) is 14.2 Å². The van der Waals surface area contributed by atoms with E-state index in [0.29, 0.717) is 40.4 Å². The van der Waals surface area contributed by atoms with Gasteiger partial charge in [0.15, 0.2) is 17.2 Å². The number of hydrogen-bond acceptors (Lipinski definition) is 7. The SMILES string of the molecule is CCOC(=O)c1nn(-c2ccc3c(c2)OCO3)c2c1CC(C)(C)c1ccc([N+](=O)[O-])cc1-2. The van der Waals surface area contributed by atoms with Crippen LogP contribution in [0.25, 0.3) is 16.9 Å². The van der Waals surface area contributed by atoms with Crippen LogP contribution in [0.2, 0.25) is 0 Å². The quantitative estimate of drug-likeness (QED) is 0.344. The third-order valence-electron chi connectivity index (χ3n) is 5.87. The highest BCUT2D eigenvalue weighted by atomic mass is 16.7. The Hall–Kier alpha value is -3.88. The van der Waals surface area contributed by atoms with Gasteiger partial charge in [0.05, 0.1) is 22.9 Å². The van der Waals surface area contributed by atoms with Crippen LogP contribution in [0.1, 0.15) is 42.4 Å². The van der Waals surface area contributed by atoms with E-state index < -0.39 is 10.9 Å². The van der Waals surface area contributed by atoms with E-state index in [9.17, 15) is 14.9 Å². The second-order valence-corrected chi connectivity index (χ2v) is 8.39. The Morgan fingerprint density at radius 1 is 1.22 bits per heavy atom. The van der Waals surface area contributed by atoms with Gasteiger partial charge in [0.25, 0.3) is 5.69 Å². The van der Waals surface area contributed by atoms with E-state index in [1.54, 1.807) is 35.9 Å². The number of benzene rings is 2.